The molecule has 1 N–H and O–H groups in total. The van der Waals surface area contributed by atoms with Gasteiger partial charge in [-0.2, -0.15) is 0 Å². The number of likely N-dealkylation sites (tertiary alicyclic amines) is 1. The minimum Gasteiger partial charge on any atom is -0.350 e. The molecule has 1 amide bonds. The first-order valence-electron chi connectivity index (χ1n) is 8.87. The van der Waals surface area contributed by atoms with E-state index in [1.54, 1.807) is 0 Å². The van der Waals surface area contributed by atoms with E-state index in [1.165, 1.54) is 25.7 Å². The Morgan fingerprint density at radius 2 is 2.04 bits per heavy atom. The number of nitrogens with zero attached hydrogens (tertiary/aromatic N) is 3. The summed E-state index contributed by atoms with van der Waals surface area (Å²) in [7, 11) is 0. The molecule has 0 saturated carbocycles. The molecule has 1 fully saturated rings. The van der Waals surface area contributed by atoms with Crippen molar-refractivity contribution < 1.29 is 4.79 Å². The van der Waals surface area contributed by atoms with E-state index in [-0.39, 0.29) is 17.5 Å². The van der Waals surface area contributed by atoms with Gasteiger partial charge in [0, 0.05) is 24.5 Å². The molecule has 5 nitrogen and oxygen atoms in total. The second-order valence-corrected chi connectivity index (χ2v) is 7.84. The smallest absolute Gasteiger partial charge is 0.237 e. The summed E-state index contributed by atoms with van der Waals surface area (Å²) in [6.45, 7) is 11.3. The van der Waals surface area contributed by atoms with E-state index in [2.05, 4.69) is 19.8 Å². The molecule has 0 bridgehead atoms. The highest BCUT2D eigenvalue weighted by Gasteiger charge is 2.28. The van der Waals surface area contributed by atoms with Crippen LogP contribution in [0.25, 0.3) is 0 Å². The van der Waals surface area contributed by atoms with Crippen LogP contribution in [0.3, 0.4) is 0 Å². The Hall–Kier alpha value is -1.36. The molecule has 1 aliphatic rings. The first-order chi connectivity index (χ1) is 10.8. The topological polar surface area (TPSA) is 50.2 Å². The molecule has 0 aliphatic carbocycles. The average Bonchev–Trinajstić information content (AvgIpc) is 2.99. The first-order valence-corrected chi connectivity index (χ1v) is 8.87. The van der Waals surface area contributed by atoms with Crippen LogP contribution >= 0.6 is 0 Å². The second kappa shape index (κ2) is 7.95. The summed E-state index contributed by atoms with van der Waals surface area (Å²) >= 11 is 0. The van der Waals surface area contributed by atoms with Gasteiger partial charge in [0.25, 0.3) is 0 Å². The zero-order chi connectivity index (χ0) is 16.9. The van der Waals surface area contributed by atoms with E-state index in [0.29, 0.717) is 0 Å². The van der Waals surface area contributed by atoms with Crippen LogP contribution in [-0.2, 0) is 11.3 Å². The van der Waals surface area contributed by atoms with Crippen molar-refractivity contribution in [1.29, 1.82) is 0 Å². The fraction of sp³-hybridized carbons (Fsp3) is 0.778. The Balaban J connectivity index is 1.67. The Kier molecular flexibility index (Phi) is 6.22. The number of piperidine rings is 1. The highest BCUT2D eigenvalue weighted by Crippen LogP contribution is 2.23. The highest BCUT2D eigenvalue weighted by molar-refractivity contribution is 5.81. The normalized spacial score (nSPS) is 18.8. The third-order valence-electron chi connectivity index (χ3n) is 4.66. The number of carbonyl (C=O) groups excluding carboxylic acids is 1. The van der Waals surface area contributed by atoms with Gasteiger partial charge in [-0.3, -0.25) is 9.69 Å². The molecular formula is C18H32N4O. The largest absolute Gasteiger partial charge is 0.350 e. The molecule has 5 heteroatoms. The minimum absolute atomic E-state index is 0.0267. The van der Waals surface area contributed by atoms with Crippen LogP contribution in [0.15, 0.2) is 18.7 Å². The van der Waals surface area contributed by atoms with Gasteiger partial charge in [-0.05, 0) is 72.4 Å². The molecule has 0 radical (unpaired) electrons. The lowest BCUT2D eigenvalue weighted by Crippen LogP contribution is -2.52. The van der Waals surface area contributed by atoms with Gasteiger partial charge in [0.2, 0.25) is 5.91 Å². The minimum atomic E-state index is -0.156. The third kappa shape index (κ3) is 5.98. The van der Waals surface area contributed by atoms with Gasteiger partial charge in [-0.15, -0.1) is 0 Å². The molecule has 1 aromatic rings. The van der Waals surface area contributed by atoms with Crippen LogP contribution in [0.1, 0.15) is 53.4 Å². The Morgan fingerprint density at radius 3 is 2.61 bits per heavy atom. The van der Waals surface area contributed by atoms with Crippen molar-refractivity contribution in [3.05, 3.63) is 18.7 Å². The van der Waals surface area contributed by atoms with Crippen molar-refractivity contribution in [2.45, 2.75) is 71.5 Å². The molecule has 2 rings (SSSR count). The van der Waals surface area contributed by atoms with Crippen LogP contribution in [0, 0.1) is 5.92 Å². The van der Waals surface area contributed by atoms with Crippen molar-refractivity contribution >= 4 is 5.91 Å². The van der Waals surface area contributed by atoms with Gasteiger partial charge in [-0.1, -0.05) is 0 Å². The van der Waals surface area contributed by atoms with Gasteiger partial charge in [0.05, 0.1) is 12.4 Å². The van der Waals surface area contributed by atoms with Crippen molar-refractivity contribution in [3.8, 4) is 0 Å². The van der Waals surface area contributed by atoms with Gasteiger partial charge in [0.1, 0.15) is 0 Å². The second-order valence-electron chi connectivity index (χ2n) is 7.84. The molecule has 1 unspecified atom stereocenters. The van der Waals surface area contributed by atoms with Gasteiger partial charge in [-0.25, -0.2) is 4.98 Å². The SMILES string of the molecule is CC(C(=O)NC(C)(C)C)N1CCC(CCCn2ccnc2)CC1. The van der Waals surface area contributed by atoms with Gasteiger partial charge >= 0.3 is 0 Å². The molecule has 1 aromatic heterocycles. The van der Waals surface area contributed by atoms with E-state index in [4.69, 9.17) is 0 Å². The molecule has 2 heterocycles. The zero-order valence-corrected chi connectivity index (χ0v) is 15.1. The van der Waals surface area contributed by atoms with Crippen molar-refractivity contribution in [1.82, 2.24) is 19.8 Å². The van der Waals surface area contributed by atoms with Crippen LogP contribution in [0.4, 0.5) is 0 Å². The molecule has 23 heavy (non-hydrogen) atoms. The summed E-state index contributed by atoms with van der Waals surface area (Å²) in [6, 6.07) is -0.0267. The molecular weight excluding hydrogens is 288 g/mol. The maximum Gasteiger partial charge on any atom is 0.237 e. The standard InChI is InChI=1S/C18H32N4O/c1-15(17(23)20-18(2,3)4)22-11-7-16(8-12-22)6-5-10-21-13-9-19-14-21/h9,13-16H,5-8,10-12H2,1-4H3,(H,20,23). The lowest BCUT2D eigenvalue weighted by atomic mass is 9.91. The maximum atomic E-state index is 12.3. The molecule has 1 atom stereocenters. The number of nitrogens with one attached hydrogen (secondary N) is 1. The van der Waals surface area contributed by atoms with Gasteiger partial charge in [0.15, 0.2) is 0 Å². The lowest BCUT2D eigenvalue weighted by Gasteiger charge is -2.36. The molecule has 0 spiro atoms. The Morgan fingerprint density at radius 1 is 1.35 bits per heavy atom. The number of aryl methyl sites for hydroxylation is 1. The van der Waals surface area contributed by atoms with Crippen LogP contribution in [0.5, 0.6) is 0 Å². The molecule has 130 valence electrons. The molecule has 1 saturated heterocycles. The number of rotatable bonds is 6. The van der Waals surface area contributed by atoms with Crippen LogP contribution < -0.4 is 5.32 Å². The van der Waals surface area contributed by atoms with Crippen LogP contribution in [-0.4, -0.2) is 45.0 Å². The summed E-state index contributed by atoms with van der Waals surface area (Å²) < 4.78 is 2.15. The van der Waals surface area contributed by atoms with E-state index in [0.717, 1.165) is 25.6 Å². The Bertz CT molecular complexity index is 470. The predicted octanol–water partition coefficient (Wildman–Crippen LogP) is 2.68. The predicted molar refractivity (Wildman–Crippen MR) is 93.1 cm³/mol. The summed E-state index contributed by atoms with van der Waals surface area (Å²) in [5.41, 5.74) is -0.156. The number of amides is 1. The van der Waals surface area contributed by atoms with E-state index in [9.17, 15) is 4.79 Å². The number of imidazole rings is 1. The monoisotopic (exact) mass is 320 g/mol. The van der Waals surface area contributed by atoms with Crippen LogP contribution in [0.2, 0.25) is 0 Å². The Labute approximate surface area is 140 Å². The van der Waals surface area contributed by atoms with Crippen molar-refractivity contribution in [2.75, 3.05) is 13.1 Å². The van der Waals surface area contributed by atoms with E-state index >= 15 is 0 Å². The fourth-order valence-corrected chi connectivity index (χ4v) is 3.25. The van der Waals surface area contributed by atoms with E-state index < -0.39 is 0 Å². The summed E-state index contributed by atoms with van der Waals surface area (Å²) in [6.07, 6.45) is 10.6. The summed E-state index contributed by atoms with van der Waals surface area (Å²) in [5, 5.41) is 3.09. The third-order valence-corrected chi connectivity index (χ3v) is 4.66. The number of hydrogen-bond donors (Lipinski definition) is 1. The quantitative estimate of drug-likeness (QED) is 0.877. The number of carbonyl (C=O) groups is 1. The van der Waals surface area contributed by atoms with Crippen molar-refractivity contribution in [2.24, 2.45) is 5.92 Å². The summed E-state index contributed by atoms with van der Waals surface area (Å²) in [5.74, 6) is 0.948. The fourth-order valence-electron chi connectivity index (χ4n) is 3.25. The number of hydrogen-bond acceptors (Lipinski definition) is 3. The van der Waals surface area contributed by atoms with Gasteiger partial charge < -0.3 is 9.88 Å². The average molecular weight is 320 g/mol. The first kappa shape index (κ1) is 18.0. The molecule has 0 aromatic carbocycles. The summed E-state index contributed by atoms with van der Waals surface area (Å²) in [4.78, 5) is 18.7. The van der Waals surface area contributed by atoms with E-state index in [1.807, 2.05) is 46.4 Å². The van der Waals surface area contributed by atoms with Crippen molar-refractivity contribution in [3.63, 3.8) is 0 Å². The molecule has 1 aliphatic heterocycles. The number of aromatic nitrogens is 2. The zero-order valence-electron chi connectivity index (χ0n) is 15.1. The highest BCUT2D eigenvalue weighted by atomic mass is 16.2. The lowest BCUT2D eigenvalue weighted by molar-refractivity contribution is -0.127. The maximum absolute atomic E-state index is 12.3.